The van der Waals surface area contributed by atoms with Crippen molar-refractivity contribution in [3.05, 3.63) is 47.8 Å². The number of aromatic nitrogens is 2. The molecular formula is C22H28N4O4. The number of benzene rings is 1. The van der Waals surface area contributed by atoms with Crippen molar-refractivity contribution < 1.29 is 19.4 Å². The van der Waals surface area contributed by atoms with Gasteiger partial charge in [-0.1, -0.05) is 18.2 Å². The number of piperidine rings is 1. The highest BCUT2D eigenvalue weighted by atomic mass is 16.5. The number of rotatable bonds is 7. The molecule has 0 saturated carbocycles. The average molecular weight is 412 g/mol. The lowest BCUT2D eigenvalue weighted by Crippen LogP contribution is -2.51. The zero-order valence-corrected chi connectivity index (χ0v) is 17.2. The Balaban J connectivity index is 1.24. The minimum absolute atomic E-state index is 0.121. The van der Waals surface area contributed by atoms with Crippen LogP contribution in [0.2, 0.25) is 0 Å². The van der Waals surface area contributed by atoms with Gasteiger partial charge in [0.1, 0.15) is 12.7 Å². The fourth-order valence-electron chi connectivity index (χ4n) is 4.28. The molecule has 1 fully saturated rings. The fraction of sp³-hybridized carbons (Fsp3) is 0.500. The Morgan fingerprint density at radius 2 is 1.87 bits per heavy atom. The van der Waals surface area contributed by atoms with Crippen LogP contribution in [0.4, 0.5) is 0 Å². The van der Waals surface area contributed by atoms with Crippen LogP contribution in [-0.2, 0) is 6.42 Å². The first kappa shape index (κ1) is 20.6. The van der Waals surface area contributed by atoms with Crippen LogP contribution in [0.15, 0.2) is 36.7 Å². The number of ether oxygens (including phenoxy) is 2. The Labute approximate surface area is 176 Å². The molecule has 1 N–H and O–H groups in total. The number of hydrogen-bond acceptors (Lipinski definition) is 7. The molecule has 0 bridgehead atoms. The van der Waals surface area contributed by atoms with Gasteiger partial charge in [-0.2, -0.15) is 0 Å². The quantitative estimate of drug-likeness (QED) is 0.735. The summed E-state index contributed by atoms with van der Waals surface area (Å²) in [4.78, 5) is 25.3. The minimum atomic E-state index is -0.642. The van der Waals surface area contributed by atoms with E-state index in [4.69, 9.17) is 9.47 Å². The number of hydrogen-bond donors (Lipinski definition) is 1. The molecule has 1 unspecified atom stereocenters. The number of carbonyl (C=O) groups excluding carboxylic acids is 1. The van der Waals surface area contributed by atoms with Gasteiger partial charge in [0, 0.05) is 50.2 Å². The largest absolute Gasteiger partial charge is 0.477 e. The van der Waals surface area contributed by atoms with Gasteiger partial charge in [0.05, 0.1) is 7.11 Å². The molecule has 0 aliphatic carbocycles. The Morgan fingerprint density at radius 3 is 2.63 bits per heavy atom. The second kappa shape index (κ2) is 9.40. The molecule has 2 aliphatic rings. The average Bonchev–Trinajstić information content (AvgIpc) is 2.79. The molecule has 2 aromatic rings. The predicted molar refractivity (Wildman–Crippen MR) is 111 cm³/mol. The Kier molecular flexibility index (Phi) is 6.44. The Hall–Kier alpha value is -2.71. The van der Waals surface area contributed by atoms with Crippen LogP contribution in [0, 0.1) is 0 Å². The topological polar surface area (TPSA) is 88.0 Å². The van der Waals surface area contributed by atoms with E-state index in [1.165, 1.54) is 19.5 Å². The molecule has 1 aromatic carbocycles. The predicted octanol–water partition coefficient (Wildman–Crippen LogP) is 1.39. The summed E-state index contributed by atoms with van der Waals surface area (Å²) in [5, 5.41) is 10.4. The van der Waals surface area contributed by atoms with Gasteiger partial charge in [0.2, 0.25) is 0 Å². The highest BCUT2D eigenvalue weighted by Crippen LogP contribution is 2.25. The van der Waals surface area contributed by atoms with E-state index in [1.807, 2.05) is 29.2 Å². The van der Waals surface area contributed by atoms with Crippen molar-refractivity contribution >= 4 is 5.91 Å². The molecule has 160 valence electrons. The smallest absolute Gasteiger partial charge is 0.278 e. The van der Waals surface area contributed by atoms with Crippen molar-refractivity contribution in [2.75, 3.05) is 39.9 Å². The van der Waals surface area contributed by atoms with Crippen LogP contribution in [0.3, 0.4) is 0 Å². The van der Waals surface area contributed by atoms with Crippen LogP contribution in [0.25, 0.3) is 0 Å². The van der Waals surface area contributed by atoms with Crippen molar-refractivity contribution in [2.24, 2.45) is 0 Å². The minimum Gasteiger partial charge on any atom is -0.477 e. The van der Waals surface area contributed by atoms with Gasteiger partial charge in [-0.05, 0) is 30.9 Å². The SMILES string of the molecule is COc1nccnc1OCC(O)CN1CCC(N2CCc3ccccc3C2=O)CC1. The summed E-state index contributed by atoms with van der Waals surface area (Å²) in [7, 11) is 1.50. The van der Waals surface area contributed by atoms with E-state index in [2.05, 4.69) is 14.9 Å². The van der Waals surface area contributed by atoms with Crippen molar-refractivity contribution in [3.63, 3.8) is 0 Å². The van der Waals surface area contributed by atoms with Gasteiger partial charge in [-0.15, -0.1) is 0 Å². The molecule has 8 heteroatoms. The fourth-order valence-corrected chi connectivity index (χ4v) is 4.28. The first-order valence-corrected chi connectivity index (χ1v) is 10.4. The molecule has 1 atom stereocenters. The zero-order valence-electron chi connectivity index (χ0n) is 17.2. The van der Waals surface area contributed by atoms with Gasteiger partial charge in [0.15, 0.2) is 0 Å². The summed E-state index contributed by atoms with van der Waals surface area (Å²) in [6, 6.07) is 8.17. The zero-order chi connectivity index (χ0) is 20.9. The summed E-state index contributed by atoms with van der Waals surface area (Å²) >= 11 is 0. The van der Waals surface area contributed by atoms with Crippen molar-refractivity contribution in [1.29, 1.82) is 0 Å². The number of aliphatic hydroxyl groups is 1. The van der Waals surface area contributed by atoms with Crippen LogP contribution in [-0.4, -0.2) is 82.8 Å². The van der Waals surface area contributed by atoms with E-state index in [9.17, 15) is 9.90 Å². The molecule has 0 radical (unpaired) electrons. The molecule has 2 aliphatic heterocycles. The molecule has 30 heavy (non-hydrogen) atoms. The molecule has 4 rings (SSSR count). The van der Waals surface area contributed by atoms with E-state index < -0.39 is 6.10 Å². The maximum Gasteiger partial charge on any atom is 0.278 e. The monoisotopic (exact) mass is 412 g/mol. The van der Waals surface area contributed by atoms with Crippen LogP contribution in [0.1, 0.15) is 28.8 Å². The molecular weight excluding hydrogens is 384 g/mol. The molecule has 1 aromatic heterocycles. The molecule has 1 amide bonds. The highest BCUT2D eigenvalue weighted by molar-refractivity contribution is 5.96. The second-order valence-corrected chi connectivity index (χ2v) is 7.77. The Bertz CT molecular complexity index is 870. The van der Waals surface area contributed by atoms with E-state index in [1.54, 1.807) is 0 Å². The molecule has 3 heterocycles. The molecule has 0 spiro atoms. The van der Waals surface area contributed by atoms with Gasteiger partial charge >= 0.3 is 0 Å². The van der Waals surface area contributed by atoms with E-state index in [0.717, 1.165) is 50.0 Å². The lowest BCUT2D eigenvalue weighted by Gasteiger charge is -2.41. The van der Waals surface area contributed by atoms with Crippen LogP contribution in [0.5, 0.6) is 11.8 Å². The number of aliphatic hydroxyl groups excluding tert-OH is 1. The summed E-state index contributed by atoms with van der Waals surface area (Å²) in [6.45, 7) is 3.13. The lowest BCUT2D eigenvalue weighted by molar-refractivity contribution is 0.0363. The third-order valence-electron chi connectivity index (χ3n) is 5.84. The lowest BCUT2D eigenvalue weighted by atomic mass is 9.95. The number of fused-ring (bicyclic) bond motifs is 1. The molecule has 8 nitrogen and oxygen atoms in total. The number of β-amino-alcohol motifs (C(OH)–C–C–N with tert-alkyl or cyclic N) is 1. The maximum atomic E-state index is 12.9. The first-order valence-electron chi connectivity index (χ1n) is 10.4. The maximum absolute atomic E-state index is 12.9. The van der Waals surface area contributed by atoms with Crippen LogP contribution < -0.4 is 9.47 Å². The van der Waals surface area contributed by atoms with Crippen molar-refractivity contribution in [1.82, 2.24) is 19.8 Å². The number of nitrogens with zero attached hydrogens (tertiary/aromatic N) is 4. The number of carbonyl (C=O) groups is 1. The van der Waals surface area contributed by atoms with Crippen LogP contribution >= 0.6 is 0 Å². The number of methoxy groups -OCH3 is 1. The van der Waals surface area contributed by atoms with Gasteiger partial charge in [0.25, 0.3) is 17.7 Å². The third kappa shape index (κ3) is 4.55. The normalized spacial score (nSPS) is 18.7. The standard InChI is InChI=1S/C22H28N4O4/c1-29-20-21(24-10-9-23-20)30-15-18(27)14-25-11-7-17(8-12-25)26-13-6-16-4-2-3-5-19(16)22(26)28/h2-5,9-10,17-18,27H,6-8,11-15H2,1H3. The summed E-state index contributed by atoms with van der Waals surface area (Å²) in [6.07, 6.45) is 5.16. The summed E-state index contributed by atoms with van der Waals surface area (Å²) < 4.78 is 10.7. The van der Waals surface area contributed by atoms with E-state index in [0.29, 0.717) is 12.4 Å². The summed E-state index contributed by atoms with van der Waals surface area (Å²) in [5.41, 5.74) is 2.00. The molecule has 1 saturated heterocycles. The van der Waals surface area contributed by atoms with Crippen molar-refractivity contribution in [3.8, 4) is 11.8 Å². The van der Waals surface area contributed by atoms with Gasteiger partial charge < -0.3 is 24.4 Å². The van der Waals surface area contributed by atoms with E-state index in [-0.39, 0.29) is 24.4 Å². The number of likely N-dealkylation sites (tertiary alicyclic amines) is 1. The summed E-state index contributed by atoms with van der Waals surface area (Å²) in [5.74, 6) is 0.738. The van der Waals surface area contributed by atoms with Crippen molar-refractivity contribution in [2.45, 2.75) is 31.4 Å². The second-order valence-electron chi connectivity index (χ2n) is 7.77. The number of amides is 1. The first-order chi connectivity index (χ1) is 14.7. The van der Waals surface area contributed by atoms with Gasteiger partial charge in [-0.3, -0.25) is 4.79 Å². The Morgan fingerprint density at radius 1 is 1.13 bits per heavy atom. The highest BCUT2D eigenvalue weighted by Gasteiger charge is 2.32. The third-order valence-corrected chi connectivity index (χ3v) is 5.84. The van der Waals surface area contributed by atoms with Gasteiger partial charge in [-0.25, -0.2) is 9.97 Å². The van der Waals surface area contributed by atoms with E-state index >= 15 is 0 Å².